The molecule has 0 saturated carbocycles. The second kappa shape index (κ2) is 8.87. The summed E-state index contributed by atoms with van der Waals surface area (Å²) in [7, 11) is 0. The number of hydrogen-bond donors (Lipinski definition) is 2. The Labute approximate surface area is 168 Å². The molecule has 2 aliphatic heterocycles. The van der Waals surface area contributed by atoms with Gasteiger partial charge in [0, 0.05) is 25.5 Å². The van der Waals surface area contributed by atoms with Crippen molar-refractivity contribution < 1.29 is 24.2 Å². The lowest BCUT2D eigenvalue weighted by Gasteiger charge is -2.50. The summed E-state index contributed by atoms with van der Waals surface area (Å²) in [5, 5.41) is 10.0. The minimum atomic E-state index is -0.571. The molecule has 2 aliphatic rings. The van der Waals surface area contributed by atoms with Gasteiger partial charge in [0.2, 0.25) is 11.8 Å². The van der Waals surface area contributed by atoms with Gasteiger partial charge >= 0.3 is 0 Å². The smallest absolute Gasteiger partial charge is 0.290 e. The highest BCUT2D eigenvalue weighted by molar-refractivity contribution is 5.80. The number of imidazole rings is 1. The molecule has 3 heterocycles. The molecule has 2 saturated heterocycles. The van der Waals surface area contributed by atoms with Crippen LogP contribution in [0.25, 0.3) is 0 Å². The maximum absolute atomic E-state index is 12.7. The molecular formula is C20H24N4O5. The van der Waals surface area contributed by atoms with Crippen LogP contribution in [0.4, 0.5) is 0 Å². The molecule has 0 unspecified atom stereocenters. The fraction of sp³-hybridized carbons (Fsp3) is 0.400. The molecule has 9 nitrogen and oxygen atoms in total. The van der Waals surface area contributed by atoms with E-state index in [9.17, 15) is 9.59 Å². The number of nitrogens with zero attached hydrogens (tertiary/aromatic N) is 3. The number of carbonyl (C=O) groups is 3. The van der Waals surface area contributed by atoms with Gasteiger partial charge < -0.3 is 24.6 Å². The van der Waals surface area contributed by atoms with E-state index in [1.54, 1.807) is 6.20 Å². The molecule has 29 heavy (non-hydrogen) atoms. The molecule has 2 atom stereocenters. The topological polar surface area (TPSA) is 114 Å². The van der Waals surface area contributed by atoms with Gasteiger partial charge in [-0.05, 0) is 18.9 Å². The molecule has 0 radical (unpaired) electrons. The van der Waals surface area contributed by atoms with Gasteiger partial charge in [0.1, 0.15) is 25.1 Å². The van der Waals surface area contributed by atoms with Crippen molar-refractivity contribution in [1.29, 1.82) is 0 Å². The monoisotopic (exact) mass is 400 g/mol. The second-order valence-corrected chi connectivity index (χ2v) is 6.98. The van der Waals surface area contributed by atoms with E-state index in [0.717, 1.165) is 11.4 Å². The standard InChI is InChI=1S/C19H22N4O3.CH2O2/c1-14-20-8-10-22(14)12-18(25)23-9-7-19(15-5-3-2-4-6-15)16(11-23)26-13-17(24)21-19;2-1-3/h2-6,8,10,16H,7,9,11-13H2,1H3,(H,21,24);1H,(H,2,3)/t16-,19+;/m1./s1. The number of piperidine rings is 1. The Balaban J connectivity index is 0.000000755. The molecular weight excluding hydrogens is 376 g/mol. The molecule has 0 aliphatic carbocycles. The van der Waals surface area contributed by atoms with Crippen molar-refractivity contribution in [3.05, 3.63) is 54.1 Å². The van der Waals surface area contributed by atoms with Crippen molar-refractivity contribution >= 4 is 18.3 Å². The summed E-state index contributed by atoms with van der Waals surface area (Å²) in [6, 6.07) is 9.89. The summed E-state index contributed by atoms with van der Waals surface area (Å²) in [6.07, 6.45) is 3.87. The summed E-state index contributed by atoms with van der Waals surface area (Å²) in [5.74, 6) is 0.738. The van der Waals surface area contributed by atoms with E-state index >= 15 is 0 Å². The first kappa shape index (κ1) is 20.5. The number of aromatic nitrogens is 2. The maximum atomic E-state index is 12.7. The summed E-state index contributed by atoms with van der Waals surface area (Å²) in [5.41, 5.74) is 0.453. The third kappa shape index (κ3) is 4.29. The molecule has 0 spiro atoms. The van der Waals surface area contributed by atoms with Crippen LogP contribution in [0.2, 0.25) is 0 Å². The van der Waals surface area contributed by atoms with Gasteiger partial charge in [0.25, 0.3) is 6.47 Å². The number of carbonyl (C=O) groups excluding carboxylic acids is 2. The lowest BCUT2D eigenvalue weighted by molar-refractivity contribution is -0.157. The summed E-state index contributed by atoms with van der Waals surface area (Å²) < 4.78 is 7.70. The number of fused-ring (bicyclic) bond motifs is 1. The quantitative estimate of drug-likeness (QED) is 0.727. The van der Waals surface area contributed by atoms with E-state index in [1.165, 1.54) is 0 Å². The van der Waals surface area contributed by atoms with Gasteiger partial charge in [0.05, 0.1) is 5.54 Å². The molecule has 4 rings (SSSR count). The highest BCUT2D eigenvalue weighted by atomic mass is 16.5. The third-order valence-electron chi connectivity index (χ3n) is 5.36. The Bertz CT molecular complexity index is 869. The number of carboxylic acid groups (broad SMARTS) is 1. The SMILES string of the molecule is Cc1nccn1CC(=O)N1CC[C@@]2(c3ccccc3)NC(=O)CO[C@@H]2C1.O=CO. The number of likely N-dealkylation sites (tertiary alicyclic amines) is 1. The number of ether oxygens (including phenoxy) is 1. The molecule has 2 aromatic rings. The van der Waals surface area contributed by atoms with Crippen LogP contribution in [0.5, 0.6) is 0 Å². The Morgan fingerprint density at radius 2 is 2.14 bits per heavy atom. The Morgan fingerprint density at radius 1 is 1.41 bits per heavy atom. The normalized spacial score (nSPS) is 23.3. The van der Waals surface area contributed by atoms with Crippen LogP contribution in [-0.4, -0.2) is 63.6 Å². The number of rotatable bonds is 3. The van der Waals surface area contributed by atoms with Crippen LogP contribution < -0.4 is 5.32 Å². The Kier molecular flexibility index (Phi) is 6.28. The molecule has 0 bridgehead atoms. The van der Waals surface area contributed by atoms with Crippen LogP contribution in [0.15, 0.2) is 42.7 Å². The highest BCUT2D eigenvalue weighted by Crippen LogP contribution is 2.37. The average Bonchev–Trinajstić information content (AvgIpc) is 3.13. The summed E-state index contributed by atoms with van der Waals surface area (Å²) in [4.78, 5) is 39.1. The molecule has 2 N–H and O–H groups in total. The van der Waals surface area contributed by atoms with E-state index in [2.05, 4.69) is 10.3 Å². The van der Waals surface area contributed by atoms with Crippen molar-refractivity contribution in [1.82, 2.24) is 19.8 Å². The Hall–Kier alpha value is -3.20. The van der Waals surface area contributed by atoms with Crippen molar-refractivity contribution in [3.8, 4) is 0 Å². The first-order valence-electron chi connectivity index (χ1n) is 9.31. The Morgan fingerprint density at radius 3 is 2.79 bits per heavy atom. The number of morpholine rings is 1. The molecule has 2 amide bonds. The maximum Gasteiger partial charge on any atom is 0.290 e. The zero-order valence-corrected chi connectivity index (χ0v) is 16.2. The van der Waals surface area contributed by atoms with E-state index in [4.69, 9.17) is 14.6 Å². The third-order valence-corrected chi connectivity index (χ3v) is 5.36. The van der Waals surface area contributed by atoms with Gasteiger partial charge in [-0.15, -0.1) is 0 Å². The van der Waals surface area contributed by atoms with Crippen molar-refractivity contribution in [2.45, 2.75) is 31.5 Å². The average molecular weight is 400 g/mol. The fourth-order valence-corrected chi connectivity index (χ4v) is 3.90. The first-order valence-corrected chi connectivity index (χ1v) is 9.31. The van der Waals surface area contributed by atoms with E-state index < -0.39 is 5.54 Å². The molecule has 1 aromatic heterocycles. The van der Waals surface area contributed by atoms with Crippen molar-refractivity contribution in [2.75, 3.05) is 19.7 Å². The van der Waals surface area contributed by atoms with Gasteiger partial charge in [-0.1, -0.05) is 30.3 Å². The van der Waals surface area contributed by atoms with Crippen LogP contribution in [0, 0.1) is 6.92 Å². The largest absolute Gasteiger partial charge is 0.483 e. The predicted molar refractivity (Wildman–Crippen MR) is 103 cm³/mol. The molecule has 154 valence electrons. The zero-order valence-electron chi connectivity index (χ0n) is 16.2. The van der Waals surface area contributed by atoms with Gasteiger partial charge in [-0.25, -0.2) is 4.98 Å². The number of aryl methyl sites for hydroxylation is 1. The van der Waals surface area contributed by atoms with E-state index in [1.807, 2.05) is 52.9 Å². The zero-order chi connectivity index (χ0) is 20.9. The number of benzene rings is 1. The lowest BCUT2D eigenvalue weighted by Crippen LogP contribution is -2.67. The van der Waals surface area contributed by atoms with Crippen LogP contribution >= 0.6 is 0 Å². The van der Waals surface area contributed by atoms with Crippen LogP contribution in [0.3, 0.4) is 0 Å². The summed E-state index contributed by atoms with van der Waals surface area (Å²) in [6.45, 7) is 2.96. The second-order valence-electron chi connectivity index (χ2n) is 6.98. The lowest BCUT2D eigenvalue weighted by atomic mass is 9.77. The number of hydrogen-bond acceptors (Lipinski definition) is 5. The first-order chi connectivity index (χ1) is 14.0. The minimum Gasteiger partial charge on any atom is -0.483 e. The van der Waals surface area contributed by atoms with Gasteiger partial charge in [-0.3, -0.25) is 14.4 Å². The van der Waals surface area contributed by atoms with Crippen molar-refractivity contribution in [2.24, 2.45) is 0 Å². The van der Waals surface area contributed by atoms with E-state index in [-0.39, 0.29) is 37.5 Å². The van der Waals surface area contributed by atoms with Gasteiger partial charge in [-0.2, -0.15) is 0 Å². The predicted octanol–water partition coefficient (Wildman–Crippen LogP) is 0.535. The summed E-state index contributed by atoms with van der Waals surface area (Å²) >= 11 is 0. The highest BCUT2D eigenvalue weighted by Gasteiger charge is 2.49. The molecule has 2 fully saturated rings. The number of nitrogens with one attached hydrogen (secondary N) is 1. The molecule has 9 heteroatoms. The fourth-order valence-electron chi connectivity index (χ4n) is 3.90. The van der Waals surface area contributed by atoms with Crippen LogP contribution in [0.1, 0.15) is 17.8 Å². The minimum absolute atomic E-state index is 0.0297. The number of amides is 2. The van der Waals surface area contributed by atoms with Gasteiger partial charge in [0.15, 0.2) is 0 Å². The molecule has 1 aromatic carbocycles. The van der Waals surface area contributed by atoms with Crippen LogP contribution in [-0.2, 0) is 31.2 Å². The van der Waals surface area contributed by atoms with Crippen molar-refractivity contribution in [3.63, 3.8) is 0 Å². The van der Waals surface area contributed by atoms with E-state index in [0.29, 0.717) is 19.5 Å².